The van der Waals surface area contributed by atoms with E-state index in [1.165, 1.54) is 0 Å². The Kier molecular flexibility index (Phi) is 5.86. The molecule has 11 aromatic rings. The first kappa shape index (κ1) is 27.9. The zero-order chi connectivity index (χ0) is 33.5. The van der Waals surface area contributed by atoms with Crippen molar-refractivity contribution in [3.63, 3.8) is 0 Å². The predicted octanol–water partition coefficient (Wildman–Crippen LogP) is 12.2. The number of rotatable bonds is 4. The van der Waals surface area contributed by atoms with Crippen LogP contribution in [0.3, 0.4) is 0 Å². The Morgan fingerprint density at radius 3 is 1.55 bits per heavy atom. The van der Waals surface area contributed by atoms with Crippen molar-refractivity contribution in [2.24, 2.45) is 0 Å². The number of para-hydroxylation sites is 3. The molecule has 0 aliphatic carbocycles. The molecule has 6 nitrogen and oxygen atoms in total. The third-order valence-corrected chi connectivity index (χ3v) is 9.89. The zero-order valence-electron chi connectivity index (χ0n) is 27.0. The number of hydrogen-bond acceptors (Lipinski definition) is 6. The molecular formula is C45H25N3O3. The van der Waals surface area contributed by atoms with Crippen LogP contribution in [0.5, 0.6) is 0 Å². The highest BCUT2D eigenvalue weighted by atomic mass is 16.3. The summed E-state index contributed by atoms with van der Waals surface area (Å²) in [6.45, 7) is 0. The summed E-state index contributed by atoms with van der Waals surface area (Å²) in [4.78, 5) is 14.3. The molecule has 0 spiro atoms. The zero-order valence-corrected chi connectivity index (χ0v) is 27.0. The maximum absolute atomic E-state index is 6.83. The monoisotopic (exact) mass is 655 g/mol. The van der Waals surface area contributed by atoms with Crippen LogP contribution in [0.2, 0.25) is 0 Å². The first-order chi connectivity index (χ1) is 25.3. The van der Waals surface area contributed by atoms with Crippen LogP contribution in [0.1, 0.15) is 0 Å². The van der Waals surface area contributed by atoms with Gasteiger partial charge in [-0.2, -0.15) is 0 Å². The molecule has 0 amide bonds. The Balaban J connectivity index is 1.21. The molecule has 0 radical (unpaired) electrons. The molecule has 51 heavy (non-hydrogen) atoms. The topological polar surface area (TPSA) is 78.1 Å². The number of benzene rings is 5. The highest BCUT2D eigenvalue weighted by Gasteiger charge is 2.22. The molecule has 238 valence electrons. The van der Waals surface area contributed by atoms with Crippen LogP contribution < -0.4 is 0 Å². The van der Waals surface area contributed by atoms with Gasteiger partial charge in [0.15, 0.2) is 16.7 Å². The van der Waals surface area contributed by atoms with Crippen LogP contribution in [-0.2, 0) is 0 Å². The molecule has 0 atom stereocenters. The van der Waals surface area contributed by atoms with Gasteiger partial charge >= 0.3 is 0 Å². The van der Waals surface area contributed by atoms with Crippen LogP contribution in [-0.4, -0.2) is 15.0 Å². The number of nitrogens with zero attached hydrogens (tertiary/aromatic N) is 3. The number of aromatic nitrogens is 3. The third-order valence-electron chi connectivity index (χ3n) is 9.89. The van der Waals surface area contributed by atoms with E-state index in [0.717, 1.165) is 111 Å². The molecule has 0 saturated carbocycles. The Morgan fingerprint density at radius 2 is 0.843 bits per heavy atom. The van der Waals surface area contributed by atoms with Gasteiger partial charge in [0, 0.05) is 57.0 Å². The van der Waals surface area contributed by atoms with Crippen molar-refractivity contribution in [2.45, 2.75) is 0 Å². The predicted molar refractivity (Wildman–Crippen MR) is 203 cm³/mol. The molecule has 0 aliphatic rings. The van der Waals surface area contributed by atoms with Gasteiger partial charge in [0.1, 0.15) is 33.3 Å². The standard InChI is InChI=1S/C45H25N3O3/c1-2-9-26(10-3-1)28-13-8-14-35-41-45(51-42(28)35)31(20-23-48-41)30-18-17-27(29-19-22-46-39-33-11-4-6-15-37(33)49-43(29)39)25-36(30)32-21-24-47-40-34-12-5-7-16-38(34)50-44(32)40/h1-25H. The lowest BCUT2D eigenvalue weighted by Crippen LogP contribution is -1.91. The van der Waals surface area contributed by atoms with Gasteiger partial charge in [-0.25, -0.2) is 0 Å². The fourth-order valence-electron chi connectivity index (χ4n) is 7.55. The van der Waals surface area contributed by atoms with Gasteiger partial charge in [-0.15, -0.1) is 0 Å². The quantitative estimate of drug-likeness (QED) is 0.188. The number of pyridine rings is 3. The summed E-state index contributed by atoms with van der Waals surface area (Å²) in [5.41, 5.74) is 14.9. The van der Waals surface area contributed by atoms with Crippen LogP contribution in [0.25, 0.3) is 111 Å². The second kappa shape index (κ2) is 10.7. The van der Waals surface area contributed by atoms with E-state index in [2.05, 4.69) is 54.6 Å². The van der Waals surface area contributed by atoms with E-state index in [4.69, 9.17) is 28.2 Å². The summed E-state index contributed by atoms with van der Waals surface area (Å²) in [6, 6.07) is 45.2. The summed E-state index contributed by atoms with van der Waals surface area (Å²) >= 11 is 0. The van der Waals surface area contributed by atoms with E-state index in [1.807, 2.05) is 97.5 Å². The van der Waals surface area contributed by atoms with Gasteiger partial charge in [0.2, 0.25) is 0 Å². The van der Waals surface area contributed by atoms with Crippen molar-refractivity contribution in [2.75, 3.05) is 0 Å². The molecule has 0 saturated heterocycles. The average Bonchev–Trinajstić information content (AvgIpc) is 3.89. The highest BCUT2D eigenvalue weighted by molar-refractivity contribution is 6.14. The Bertz CT molecular complexity index is 3150. The van der Waals surface area contributed by atoms with E-state index in [9.17, 15) is 0 Å². The lowest BCUT2D eigenvalue weighted by Gasteiger charge is -2.14. The fourth-order valence-corrected chi connectivity index (χ4v) is 7.55. The lowest BCUT2D eigenvalue weighted by molar-refractivity contribution is 0.668. The summed E-state index contributed by atoms with van der Waals surface area (Å²) in [5, 5.41) is 2.93. The second-order valence-electron chi connectivity index (χ2n) is 12.7. The molecule has 0 fully saturated rings. The summed E-state index contributed by atoms with van der Waals surface area (Å²) < 4.78 is 19.8. The Hall–Kier alpha value is -7.05. The van der Waals surface area contributed by atoms with Gasteiger partial charge in [-0.3, -0.25) is 15.0 Å². The third kappa shape index (κ3) is 4.14. The smallest absolute Gasteiger partial charge is 0.161 e. The van der Waals surface area contributed by atoms with E-state index in [0.29, 0.717) is 0 Å². The minimum atomic E-state index is 0.724. The van der Waals surface area contributed by atoms with Crippen molar-refractivity contribution >= 4 is 66.2 Å². The molecule has 6 aromatic heterocycles. The van der Waals surface area contributed by atoms with Crippen LogP contribution in [0.4, 0.5) is 0 Å². The minimum Gasteiger partial charge on any atom is -0.454 e. The van der Waals surface area contributed by atoms with Gasteiger partial charge in [-0.1, -0.05) is 78.9 Å². The highest BCUT2D eigenvalue weighted by Crippen LogP contribution is 2.45. The maximum Gasteiger partial charge on any atom is 0.161 e. The molecule has 6 heterocycles. The second-order valence-corrected chi connectivity index (χ2v) is 12.7. The molecule has 0 bridgehead atoms. The van der Waals surface area contributed by atoms with Crippen LogP contribution in [0, 0.1) is 0 Å². The maximum atomic E-state index is 6.83. The average molecular weight is 656 g/mol. The normalized spacial score (nSPS) is 11.9. The fraction of sp³-hybridized carbons (Fsp3) is 0. The van der Waals surface area contributed by atoms with Crippen molar-refractivity contribution in [1.29, 1.82) is 0 Å². The molecule has 11 rings (SSSR count). The first-order valence-corrected chi connectivity index (χ1v) is 16.8. The molecule has 0 unspecified atom stereocenters. The summed E-state index contributed by atoms with van der Waals surface area (Å²) in [5.74, 6) is 0. The van der Waals surface area contributed by atoms with Crippen molar-refractivity contribution in [3.05, 3.63) is 152 Å². The van der Waals surface area contributed by atoms with Crippen molar-refractivity contribution in [1.82, 2.24) is 15.0 Å². The molecule has 0 N–H and O–H groups in total. The summed E-state index contributed by atoms with van der Waals surface area (Å²) in [6.07, 6.45) is 5.57. The minimum absolute atomic E-state index is 0.724. The molecule has 6 heteroatoms. The van der Waals surface area contributed by atoms with Crippen LogP contribution in [0.15, 0.2) is 165 Å². The SMILES string of the molecule is c1ccc(-c2cccc3c2oc2c(-c4ccc(-c5ccnc6c5oc5ccccc56)cc4-c4ccnc5c4oc4ccccc45)ccnc23)cc1. The van der Waals surface area contributed by atoms with E-state index < -0.39 is 0 Å². The number of furan rings is 3. The Morgan fingerprint density at radius 1 is 0.314 bits per heavy atom. The lowest BCUT2D eigenvalue weighted by atomic mass is 9.90. The van der Waals surface area contributed by atoms with Gasteiger partial charge in [-0.05, 0) is 76.9 Å². The van der Waals surface area contributed by atoms with E-state index >= 15 is 0 Å². The van der Waals surface area contributed by atoms with Crippen molar-refractivity contribution < 1.29 is 13.3 Å². The van der Waals surface area contributed by atoms with Gasteiger partial charge < -0.3 is 13.3 Å². The molecule has 5 aromatic carbocycles. The molecule has 0 aliphatic heterocycles. The van der Waals surface area contributed by atoms with Crippen LogP contribution >= 0.6 is 0 Å². The van der Waals surface area contributed by atoms with Gasteiger partial charge in [0.05, 0.1) is 0 Å². The van der Waals surface area contributed by atoms with E-state index in [-0.39, 0.29) is 0 Å². The molecular weight excluding hydrogens is 631 g/mol. The Labute approximate surface area is 290 Å². The van der Waals surface area contributed by atoms with E-state index in [1.54, 1.807) is 0 Å². The largest absolute Gasteiger partial charge is 0.454 e. The number of hydrogen-bond donors (Lipinski definition) is 0. The summed E-state index contributed by atoms with van der Waals surface area (Å²) in [7, 11) is 0. The first-order valence-electron chi connectivity index (χ1n) is 16.8. The van der Waals surface area contributed by atoms with Crippen molar-refractivity contribution in [3.8, 4) is 44.5 Å². The van der Waals surface area contributed by atoms with Gasteiger partial charge in [0.25, 0.3) is 0 Å². The number of fused-ring (bicyclic) bond motifs is 9.